The topological polar surface area (TPSA) is 90.2 Å². The van der Waals surface area contributed by atoms with Crippen LogP contribution in [0, 0.1) is 34.0 Å². The molecular formula is C22H29NO5. The molecule has 0 aromatic heterocycles. The molecule has 9 aliphatic rings. The standard InChI is InChI=1S/C22H29NO5/c1-9-5-20-7-13-15-19(3)8-14(28-10(2)24)17(25)22(15)16(23(13)18(19)26)12(20)4-11(9)6-21(20,22)27/h11-18,25-27H,1,4-8H2,2-3H3. The van der Waals surface area contributed by atoms with Gasteiger partial charge in [-0.25, -0.2) is 0 Å². The van der Waals surface area contributed by atoms with Crippen LogP contribution in [0.4, 0.5) is 0 Å². The highest BCUT2D eigenvalue weighted by Crippen LogP contribution is 2.89. The number of fused-ring (bicyclic) bond motifs is 1. The van der Waals surface area contributed by atoms with Crippen molar-refractivity contribution < 1.29 is 24.9 Å². The van der Waals surface area contributed by atoms with E-state index in [-0.39, 0.29) is 29.3 Å². The minimum atomic E-state index is -0.977. The molecule has 9 bridgehead atoms. The molecule has 0 radical (unpaired) electrons. The lowest BCUT2D eigenvalue weighted by atomic mass is 9.38. The first-order valence-electron chi connectivity index (χ1n) is 10.8. The summed E-state index contributed by atoms with van der Waals surface area (Å²) in [5, 5.41) is 35.7. The largest absolute Gasteiger partial charge is 0.460 e. The molecule has 0 amide bonds. The number of ether oxygens (including phenoxy) is 1. The number of piperidine rings is 2. The van der Waals surface area contributed by atoms with Gasteiger partial charge in [0, 0.05) is 29.8 Å². The number of aliphatic hydroxyl groups excluding tert-OH is 2. The van der Waals surface area contributed by atoms with Gasteiger partial charge < -0.3 is 20.1 Å². The van der Waals surface area contributed by atoms with E-state index in [0.717, 1.165) is 19.3 Å². The molecular weight excluding hydrogens is 358 g/mol. The van der Waals surface area contributed by atoms with E-state index in [0.29, 0.717) is 18.8 Å². The summed E-state index contributed by atoms with van der Waals surface area (Å²) in [5.41, 5.74) is -1.17. The second kappa shape index (κ2) is 4.25. The molecule has 3 heterocycles. The maximum Gasteiger partial charge on any atom is 0.302 e. The van der Waals surface area contributed by atoms with Crippen molar-refractivity contribution >= 4 is 5.97 Å². The van der Waals surface area contributed by atoms with Crippen molar-refractivity contribution in [1.82, 2.24) is 4.90 Å². The van der Waals surface area contributed by atoms with Crippen molar-refractivity contribution in [2.24, 2.45) is 34.0 Å². The van der Waals surface area contributed by atoms with Gasteiger partial charge in [-0.3, -0.25) is 9.69 Å². The highest BCUT2D eigenvalue weighted by atomic mass is 16.6. The maximum atomic E-state index is 12.5. The van der Waals surface area contributed by atoms with Gasteiger partial charge in [0.25, 0.3) is 0 Å². The molecule has 6 heteroatoms. The summed E-state index contributed by atoms with van der Waals surface area (Å²) in [6.07, 6.45) is 1.67. The molecule has 0 aromatic rings. The van der Waals surface area contributed by atoms with E-state index in [2.05, 4.69) is 18.4 Å². The predicted molar refractivity (Wildman–Crippen MR) is 97.6 cm³/mol. The van der Waals surface area contributed by atoms with Crippen LogP contribution in [0.3, 0.4) is 0 Å². The molecule has 6 nitrogen and oxygen atoms in total. The van der Waals surface area contributed by atoms with Crippen molar-refractivity contribution in [2.75, 3.05) is 0 Å². The number of carbonyl (C=O) groups is 1. The first-order valence-corrected chi connectivity index (χ1v) is 10.8. The minimum Gasteiger partial charge on any atom is -0.460 e. The first kappa shape index (κ1) is 16.8. The predicted octanol–water partition coefficient (Wildman–Crippen LogP) is 0.797. The number of nitrogens with zero attached hydrogens (tertiary/aromatic N) is 1. The second-order valence-corrected chi connectivity index (χ2v) is 11.3. The summed E-state index contributed by atoms with van der Waals surface area (Å²) in [4.78, 5) is 14.1. The van der Waals surface area contributed by atoms with Gasteiger partial charge in [-0.05, 0) is 49.9 Å². The molecule has 3 N–H and O–H groups in total. The number of hydrogen-bond donors (Lipinski definition) is 3. The van der Waals surface area contributed by atoms with Crippen LogP contribution in [0.15, 0.2) is 12.2 Å². The average Bonchev–Trinajstić information content (AvgIpc) is 2.97. The summed E-state index contributed by atoms with van der Waals surface area (Å²) in [5.74, 6) is 0.190. The Labute approximate surface area is 164 Å². The van der Waals surface area contributed by atoms with Crippen molar-refractivity contribution in [3.63, 3.8) is 0 Å². The molecule has 6 saturated carbocycles. The Morgan fingerprint density at radius 3 is 2.75 bits per heavy atom. The van der Waals surface area contributed by atoms with Crippen molar-refractivity contribution in [3.05, 3.63) is 12.2 Å². The van der Waals surface area contributed by atoms with Crippen molar-refractivity contribution in [1.29, 1.82) is 0 Å². The number of carbonyl (C=O) groups excluding carboxylic acids is 1. The highest BCUT2D eigenvalue weighted by Gasteiger charge is 2.95. The van der Waals surface area contributed by atoms with E-state index in [4.69, 9.17) is 4.74 Å². The number of hydrogen-bond acceptors (Lipinski definition) is 6. The number of esters is 1. The molecule has 13 atom stereocenters. The molecule has 13 unspecified atom stereocenters. The zero-order chi connectivity index (χ0) is 19.6. The van der Waals surface area contributed by atoms with Gasteiger partial charge in [0.15, 0.2) is 0 Å². The summed E-state index contributed by atoms with van der Waals surface area (Å²) >= 11 is 0. The molecule has 28 heavy (non-hydrogen) atoms. The van der Waals surface area contributed by atoms with Gasteiger partial charge >= 0.3 is 5.97 Å². The van der Waals surface area contributed by atoms with Crippen molar-refractivity contribution in [3.8, 4) is 0 Å². The highest BCUT2D eigenvalue weighted by molar-refractivity contribution is 5.66. The lowest BCUT2D eigenvalue weighted by Gasteiger charge is -2.68. The van der Waals surface area contributed by atoms with E-state index >= 15 is 0 Å². The van der Waals surface area contributed by atoms with E-state index in [1.807, 2.05) is 0 Å². The number of rotatable bonds is 1. The van der Waals surface area contributed by atoms with E-state index in [1.165, 1.54) is 12.5 Å². The zero-order valence-corrected chi connectivity index (χ0v) is 16.5. The molecule has 3 saturated heterocycles. The van der Waals surface area contributed by atoms with Crippen LogP contribution in [0.2, 0.25) is 0 Å². The third-order valence-electron chi connectivity index (χ3n) is 10.9. The average molecular weight is 387 g/mol. The Morgan fingerprint density at radius 1 is 1.29 bits per heavy atom. The van der Waals surface area contributed by atoms with Gasteiger partial charge in [-0.15, -0.1) is 0 Å². The van der Waals surface area contributed by atoms with E-state index in [1.54, 1.807) is 0 Å². The van der Waals surface area contributed by atoms with Gasteiger partial charge in [0.2, 0.25) is 0 Å². The summed E-state index contributed by atoms with van der Waals surface area (Å²) in [7, 11) is 0. The Kier molecular flexibility index (Phi) is 2.55. The normalized spacial score (nSPS) is 69.3. The molecule has 9 rings (SSSR count). The van der Waals surface area contributed by atoms with E-state index in [9.17, 15) is 20.1 Å². The fourth-order valence-electron chi connectivity index (χ4n) is 10.6. The van der Waals surface area contributed by atoms with Gasteiger partial charge in [-0.1, -0.05) is 19.1 Å². The first-order chi connectivity index (χ1) is 13.1. The lowest BCUT2D eigenvalue weighted by Crippen LogP contribution is -2.76. The quantitative estimate of drug-likeness (QED) is 0.455. The Balaban J connectivity index is 1.50. The van der Waals surface area contributed by atoms with Crippen LogP contribution in [-0.4, -0.2) is 62.3 Å². The second-order valence-electron chi connectivity index (χ2n) is 11.3. The fraction of sp³-hybridized carbons (Fsp3) is 0.864. The summed E-state index contributed by atoms with van der Waals surface area (Å²) in [6, 6.07) is 0.160. The van der Waals surface area contributed by atoms with Crippen LogP contribution in [-0.2, 0) is 9.53 Å². The van der Waals surface area contributed by atoms with Gasteiger partial charge in [-0.2, -0.15) is 0 Å². The maximum absolute atomic E-state index is 12.5. The molecule has 9 fully saturated rings. The minimum absolute atomic E-state index is 0.0317. The lowest BCUT2D eigenvalue weighted by molar-refractivity contribution is -0.299. The summed E-state index contributed by atoms with van der Waals surface area (Å²) in [6.45, 7) is 7.79. The van der Waals surface area contributed by atoms with E-state index < -0.39 is 40.8 Å². The van der Waals surface area contributed by atoms with Crippen LogP contribution in [0.25, 0.3) is 0 Å². The fourth-order valence-corrected chi connectivity index (χ4v) is 10.6. The number of allylic oxidation sites excluding steroid dienone is 1. The smallest absolute Gasteiger partial charge is 0.302 e. The van der Waals surface area contributed by atoms with Crippen molar-refractivity contribution in [2.45, 2.75) is 82.1 Å². The van der Waals surface area contributed by atoms with Gasteiger partial charge in [0.05, 0.1) is 11.0 Å². The van der Waals surface area contributed by atoms with Crippen LogP contribution >= 0.6 is 0 Å². The third-order valence-corrected chi connectivity index (χ3v) is 10.9. The zero-order valence-electron chi connectivity index (χ0n) is 16.5. The molecule has 6 aliphatic carbocycles. The molecule has 2 spiro atoms. The summed E-state index contributed by atoms with van der Waals surface area (Å²) < 4.78 is 5.62. The Morgan fingerprint density at radius 2 is 2.04 bits per heavy atom. The molecule has 3 aliphatic heterocycles. The third kappa shape index (κ3) is 1.22. The van der Waals surface area contributed by atoms with Crippen LogP contribution in [0.5, 0.6) is 0 Å². The van der Waals surface area contributed by atoms with Crippen LogP contribution in [0.1, 0.15) is 46.0 Å². The molecule has 152 valence electrons. The Hall–Kier alpha value is -0.950. The molecule has 0 aromatic carbocycles. The Bertz CT molecular complexity index is 860. The monoisotopic (exact) mass is 387 g/mol. The van der Waals surface area contributed by atoms with Gasteiger partial charge in [0.1, 0.15) is 18.4 Å². The van der Waals surface area contributed by atoms with Crippen LogP contribution < -0.4 is 0 Å². The number of aliphatic hydroxyl groups is 3. The SMILES string of the molecule is C=C1CC23CC4C5C6(C)CC(OC(C)=O)C(O)C57C(C2CC1CC37O)N4C6O.